The molecule has 2 rings (SSSR count). The van der Waals surface area contributed by atoms with Crippen LogP contribution in [0, 0.1) is 0 Å². The highest BCUT2D eigenvalue weighted by Crippen LogP contribution is 2.24. The second-order valence-corrected chi connectivity index (χ2v) is 5.76. The number of ether oxygens (including phenoxy) is 1. The van der Waals surface area contributed by atoms with Crippen LogP contribution in [0.2, 0.25) is 0 Å². The Balaban J connectivity index is 2.09. The molecule has 0 amide bonds. The predicted molar refractivity (Wildman–Crippen MR) is 76.9 cm³/mol. The van der Waals surface area contributed by atoms with Gasteiger partial charge in [-0.3, -0.25) is 0 Å². The topological polar surface area (TPSA) is 21.3 Å². The van der Waals surface area contributed by atoms with Crippen molar-refractivity contribution in [3.63, 3.8) is 0 Å². The number of hydrogen-bond donors (Lipinski definition) is 1. The average molecular weight is 245 g/mol. The normalized spacial score (nSPS) is 16.9. The first-order valence-corrected chi connectivity index (χ1v) is 6.74. The molecule has 0 saturated heterocycles. The molecule has 0 spiro atoms. The molecule has 1 aromatic rings. The molecule has 1 aromatic carbocycles. The van der Waals surface area contributed by atoms with Crippen LogP contribution in [-0.2, 0) is 0 Å². The summed E-state index contributed by atoms with van der Waals surface area (Å²) in [6.07, 6.45) is 4.58. The van der Waals surface area contributed by atoms with Gasteiger partial charge in [-0.15, -0.1) is 0 Å². The second-order valence-electron chi connectivity index (χ2n) is 5.76. The largest absolute Gasteiger partial charge is 0.488 e. The summed E-state index contributed by atoms with van der Waals surface area (Å²) in [5, 5.41) is 3.41. The summed E-state index contributed by atoms with van der Waals surface area (Å²) in [6, 6.07) is 8.47. The molecule has 1 aliphatic rings. The van der Waals surface area contributed by atoms with Crippen molar-refractivity contribution >= 4 is 5.57 Å². The fraction of sp³-hybridized carbons (Fsp3) is 0.500. The number of nitrogens with one attached hydrogen (secondary N) is 1. The number of rotatable bonds is 2. The van der Waals surface area contributed by atoms with Crippen LogP contribution in [0.15, 0.2) is 30.3 Å². The van der Waals surface area contributed by atoms with Gasteiger partial charge in [-0.05, 0) is 70.0 Å². The Hall–Kier alpha value is -1.28. The van der Waals surface area contributed by atoms with Crippen molar-refractivity contribution in [3.05, 3.63) is 35.9 Å². The first kappa shape index (κ1) is 13.2. The van der Waals surface area contributed by atoms with Crippen LogP contribution in [0.25, 0.3) is 5.57 Å². The van der Waals surface area contributed by atoms with E-state index in [0.717, 1.165) is 31.7 Å². The monoisotopic (exact) mass is 245 g/mol. The predicted octanol–water partition coefficient (Wildman–Crippen LogP) is 3.63. The van der Waals surface area contributed by atoms with E-state index in [1.807, 2.05) is 0 Å². The first-order chi connectivity index (χ1) is 8.54. The molecule has 0 aliphatic carbocycles. The molecule has 0 saturated carbocycles. The molecule has 1 aliphatic heterocycles. The lowest BCUT2D eigenvalue weighted by molar-refractivity contribution is 0.131. The smallest absolute Gasteiger partial charge is 0.120 e. The second kappa shape index (κ2) is 5.57. The summed E-state index contributed by atoms with van der Waals surface area (Å²) in [5.41, 5.74) is 2.63. The summed E-state index contributed by atoms with van der Waals surface area (Å²) in [7, 11) is 0. The molecule has 1 heterocycles. The zero-order chi connectivity index (χ0) is 13.0. The zero-order valence-electron chi connectivity index (χ0n) is 11.6. The van der Waals surface area contributed by atoms with E-state index < -0.39 is 0 Å². The molecular weight excluding hydrogens is 222 g/mol. The van der Waals surface area contributed by atoms with Crippen molar-refractivity contribution in [1.29, 1.82) is 0 Å². The maximum absolute atomic E-state index is 5.84. The minimum absolute atomic E-state index is 0.132. The van der Waals surface area contributed by atoms with E-state index in [9.17, 15) is 0 Å². The van der Waals surface area contributed by atoms with Crippen molar-refractivity contribution in [2.45, 2.75) is 39.2 Å². The lowest BCUT2D eigenvalue weighted by Gasteiger charge is -2.21. The minimum atomic E-state index is -0.132. The van der Waals surface area contributed by atoms with Gasteiger partial charge in [-0.25, -0.2) is 0 Å². The van der Waals surface area contributed by atoms with Crippen molar-refractivity contribution in [1.82, 2.24) is 5.32 Å². The first-order valence-electron chi connectivity index (χ1n) is 6.74. The Morgan fingerprint density at radius 2 is 1.78 bits per heavy atom. The van der Waals surface area contributed by atoms with Crippen molar-refractivity contribution in [3.8, 4) is 5.75 Å². The minimum Gasteiger partial charge on any atom is -0.488 e. The molecule has 2 heteroatoms. The third-order valence-corrected chi connectivity index (χ3v) is 2.93. The van der Waals surface area contributed by atoms with Crippen LogP contribution in [0.4, 0.5) is 0 Å². The maximum Gasteiger partial charge on any atom is 0.120 e. The molecule has 2 nitrogen and oxygen atoms in total. The molecular formula is C16H23NO. The Morgan fingerprint density at radius 1 is 1.06 bits per heavy atom. The SMILES string of the molecule is CC(C)(C)Oc1ccc(C2=CCCNCC2)cc1. The summed E-state index contributed by atoms with van der Waals surface area (Å²) in [5.74, 6) is 0.943. The highest BCUT2D eigenvalue weighted by atomic mass is 16.5. The fourth-order valence-electron chi connectivity index (χ4n) is 2.15. The van der Waals surface area contributed by atoms with Gasteiger partial charge in [0.05, 0.1) is 0 Å². The van der Waals surface area contributed by atoms with Crippen LogP contribution >= 0.6 is 0 Å². The quantitative estimate of drug-likeness (QED) is 0.859. The van der Waals surface area contributed by atoms with Crippen LogP contribution < -0.4 is 10.1 Å². The van der Waals surface area contributed by atoms with Gasteiger partial charge in [0.15, 0.2) is 0 Å². The average Bonchev–Trinajstić information content (AvgIpc) is 2.56. The third kappa shape index (κ3) is 3.88. The van der Waals surface area contributed by atoms with Crippen molar-refractivity contribution in [2.75, 3.05) is 13.1 Å². The van der Waals surface area contributed by atoms with E-state index in [-0.39, 0.29) is 5.60 Å². The number of hydrogen-bond acceptors (Lipinski definition) is 2. The Bertz CT molecular complexity index is 412. The lowest BCUT2D eigenvalue weighted by Crippen LogP contribution is -2.22. The van der Waals surface area contributed by atoms with E-state index in [1.54, 1.807) is 0 Å². The summed E-state index contributed by atoms with van der Waals surface area (Å²) < 4.78 is 5.84. The van der Waals surface area contributed by atoms with E-state index in [4.69, 9.17) is 4.74 Å². The van der Waals surface area contributed by atoms with Gasteiger partial charge in [0.25, 0.3) is 0 Å². The van der Waals surface area contributed by atoms with Crippen molar-refractivity contribution in [2.24, 2.45) is 0 Å². The molecule has 0 bridgehead atoms. The van der Waals surface area contributed by atoms with Gasteiger partial charge < -0.3 is 10.1 Å². The third-order valence-electron chi connectivity index (χ3n) is 2.93. The van der Waals surface area contributed by atoms with Gasteiger partial charge in [-0.2, -0.15) is 0 Å². The summed E-state index contributed by atoms with van der Waals surface area (Å²) >= 11 is 0. The molecule has 1 N–H and O–H groups in total. The Kier molecular flexibility index (Phi) is 4.07. The van der Waals surface area contributed by atoms with Gasteiger partial charge >= 0.3 is 0 Å². The molecule has 0 aromatic heterocycles. The van der Waals surface area contributed by atoms with Crippen molar-refractivity contribution < 1.29 is 4.74 Å². The molecule has 0 atom stereocenters. The van der Waals surface area contributed by atoms with E-state index >= 15 is 0 Å². The van der Waals surface area contributed by atoms with Crippen LogP contribution in [0.3, 0.4) is 0 Å². The van der Waals surface area contributed by atoms with E-state index in [2.05, 4.69) is 56.4 Å². The van der Waals surface area contributed by atoms with E-state index in [0.29, 0.717) is 0 Å². The Labute approximate surface area is 110 Å². The van der Waals surface area contributed by atoms with Gasteiger partial charge in [0.2, 0.25) is 0 Å². The zero-order valence-corrected chi connectivity index (χ0v) is 11.6. The highest BCUT2D eigenvalue weighted by molar-refractivity contribution is 5.66. The van der Waals surface area contributed by atoms with Gasteiger partial charge in [0, 0.05) is 0 Å². The Morgan fingerprint density at radius 3 is 2.44 bits per heavy atom. The number of benzene rings is 1. The lowest BCUT2D eigenvalue weighted by atomic mass is 10.0. The van der Waals surface area contributed by atoms with Gasteiger partial charge in [0.1, 0.15) is 11.4 Å². The van der Waals surface area contributed by atoms with Crippen LogP contribution in [0.5, 0.6) is 5.75 Å². The molecule has 0 unspecified atom stereocenters. The molecule has 0 radical (unpaired) electrons. The van der Waals surface area contributed by atoms with Crippen LogP contribution in [-0.4, -0.2) is 18.7 Å². The maximum atomic E-state index is 5.84. The highest BCUT2D eigenvalue weighted by Gasteiger charge is 2.12. The molecule has 18 heavy (non-hydrogen) atoms. The molecule has 98 valence electrons. The standard InChI is InChI=1S/C16H23NO/c1-16(2,3)18-15-8-6-14(7-9-15)13-5-4-11-17-12-10-13/h5-9,17H,4,10-12H2,1-3H3. The summed E-state index contributed by atoms with van der Waals surface area (Å²) in [6.45, 7) is 8.38. The molecule has 0 fully saturated rings. The summed E-state index contributed by atoms with van der Waals surface area (Å²) in [4.78, 5) is 0. The fourth-order valence-corrected chi connectivity index (χ4v) is 2.15. The van der Waals surface area contributed by atoms with Gasteiger partial charge in [-0.1, -0.05) is 18.2 Å². The van der Waals surface area contributed by atoms with Crippen LogP contribution in [0.1, 0.15) is 39.2 Å². The van der Waals surface area contributed by atoms with E-state index in [1.165, 1.54) is 11.1 Å².